The Labute approximate surface area is 129 Å². The minimum absolute atomic E-state index is 0.872. The molecule has 0 saturated carbocycles. The number of rotatable bonds is 4. The van der Waals surface area contributed by atoms with E-state index in [1.54, 1.807) is 11.3 Å². The summed E-state index contributed by atoms with van der Waals surface area (Å²) in [6.07, 6.45) is 2.10. The number of fused-ring (bicyclic) bond motifs is 1. The van der Waals surface area contributed by atoms with E-state index < -0.39 is 0 Å². The Morgan fingerprint density at radius 3 is 2.71 bits per heavy atom. The molecule has 3 rings (SSSR count). The molecular formula is C17H21N3S. The lowest BCUT2D eigenvalue weighted by Crippen LogP contribution is -2.00. The monoisotopic (exact) mass is 299 g/mol. The van der Waals surface area contributed by atoms with Crippen LogP contribution in [-0.2, 0) is 13.0 Å². The van der Waals surface area contributed by atoms with E-state index in [-0.39, 0.29) is 0 Å². The number of aryl methyl sites for hydroxylation is 3. The average molecular weight is 299 g/mol. The molecule has 0 atom stereocenters. The Balaban J connectivity index is 2.24. The van der Waals surface area contributed by atoms with Gasteiger partial charge in [0.2, 0.25) is 0 Å². The number of hydrogen-bond donors (Lipinski definition) is 1. The van der Waals surface area contributed by atoms with Gasteiger partial charge in [-0.05, 0) is 43.5 Å². The fourth-order valence-electron chi connectivity index (χ4n) is 2.70. The molecule has 2 heterocycles. The maximum Gasteiger partial charge on any atom is 0.144 e. The standard InChI is InChI=1S/C17H21N3S/c1-4-8-20-15-7-6-11(3)9-14(15)19-17(20)13-10-12(5-2)21-16(13)18/h6-7,9-10H,4-5,8,18H2,1-3H3. The molecule has 3 nitrogen and oxygen atoms in total. The van der Waals surface area contributed by atoms with E-state index in [0.717, 1.165) is 41.3 Å². The smallest absolute Gasteiger partial charge is 0.144 e. The first-order chi connectivity index (χ1) is 10.1. The van der Waals surface area contributed by atoms with Gasteiger partial charge in [-0.3, -0.25) is 0 Å². The van der Waals surface area contributed by atoms with Crippen LogP contribution in [0, 0.1) is 6.92 Å². The molecule has 0 unspecified atom stereocenters. The molecule has 110 valence electrons. The van der Waals surface area contributed by atoms with Crippen LogP contribution in [-0.4, -0.2) is 9.55 Å². The summed E-state index contributed by atoms with van der Waals surface area (Å²) >= 11 is 1.67. The van der Waals surface area contributed by atoms with Crippen molar-refractivity contribution in [3.05, 3.63) is 34.7 Å². The maximum atomic E-state index is 6.23. The van der Waals surface area contributed by atoms with Crippen LogP contribution in [0.25, 0.3) is 22.4 Å². The first kappa shape index (κ1) is 14.1. The summed E-state index contributed by atoms with van der Waals surface area (Å²) in [4.78, 5) is 6.17. The normalized spacial score (nSPS) is 11.4. The second kappa shape index (κ2) is 5.53. The van der Waals surface area contributed by atoms with Gasteiger partial charge in [-0.2, -0.15) is 0 Å². The highest BCUT2D eigenvalue weighted by Gasteiger charge is 2.16. The highest BCUT2D eigenvalue weighted by Crippen LogP contribution is 2.35. The Morgan fingerprint density at radius 2 is 2.05 bits per heavy atom. The highest BCUT2D eigenvalue weighted by molar-refractivity contribution is 7.16. The van der Waals surface area contributed by atoms with Crippen LogP contribution in [0.15, 0.2) is 24.3 Å². The zero-order valence-corrected chi connectivity index (χ0v) is 13.6. The van der Waals surface area contributed by atoms with Crippen molar-refractivity contribution in [1.29, 1.82) is 0 Å². The van der Waals surface area contributed by atoms with Crippen LogP contribution in [0.4, 0.5) is 5.00 Å². The van der Waals surface area contributed by atoms with Gasteiger partial charge in [0.05, 0.1) is 21.6 Å². The summed E-state index contributed by atoms with van der Waals surface area (Å²) in [5.41, 5.74) is 10.8. The van der Waals surface area contributed by atoms with Crippen LogP contribution in [0.2, 0.25) is 0 Å². The van der Waals surface area contributed by atoms with Crippen LogP contribution >= 0.6 is 11.3 Å². The SMILES string of the molecule is CCCn1c(-c2cc(CC)sc2N)nc2cc(C)ccc21. The van der Waals surface area contributed by atoms with Gasteiger partial charge in [0.15, 0.2) is 0 Å². The molecule has 0 amide bonds. The summed E-state index contributed by atoms with van der Waals surface area (Å²) in [6.45, 7) is 7.42. The number of nitrogens with zero attached hydrogens (tertiary/aromatic N) is 2. The van der Waals surface area contributed by atoms with Gasteiger partial charge in [0.1, 0.15) is 5.82 Å². The number of anilines is 1. The molecule has 0 aliphatic rings. The van der Waals surface area contributed by atoms with Gasteiger partial charge in [0.25, 0.3) is 0 Å². The second-order valence-corrected chi connectivity index (χ2v) is 6.59. The van der Waals surface area contributed by atoms with Crippen molar-refractivity contribution >= 4 is 27.4 Å². The average Bonchev–Trinajstić information content (AvgIpc) is 3.00. The summed E-state index contributed by atoms with van der Waals surface area (Å²) in [7, 11) is 0. The number of aromatic nitrogens is 2. The van der Waals surface area contributed by atoms with Crippen LogP contribution in [0.5, 0.6) is 0 Å². The summed E-state index contributed by atoms with van der Waals surface area (Å²) in [6, 6.07) is 8.66. The quantitative estimate of drug-likeness (QED) is 0.763. The third-order valence-corrected chi connectivity index (χ3v) is 4.86. The van der Waals surface area contributed by atoms with Gasteiger partial charge < -0.3 is 10.3 Å². The van der Waals surface area contributed by atoms with Gasteiger partial charge >= 0.3 is 0 Å². The van der Waals surface area contributed by atoms with Gasteiger partial charge in [-0.15, -0.1) is 11.3 Å². The topological polar surface area (TPSA) is 43.8 Å². The number of benzene rings is 1. The van der Waals surface area contributed by atoms with Crippen molar-refractivity contribution in [3.63, 3.8) is 0 Å². The Morgan fingerprint density at radius 1 is 1.24 bits per heavy atom. The molecule has 0 aliphatic heterocycles. The van der Waals surface area contributed by atoms with E-state index in [1.807, 2.05) is 0 Å². The number of nitrogen functional groups attached to an aromatic ring is 1. The van der Waals surface area contributed by atoms with E-state index >= 15 is 0 Å². The van der Waals surface area contributed by atoms with Gasteiger partial charge in [-0.25, -0.2) is 4.98 Å². The number of hydrogen-bond acceptors (Lipinski definition) is 3. The van der Waals surface area contributed by atoms with E-state index in [1.165, 1.54) is 16.0 Å². The zero-order chi connectivity index (χ0) is 15.0. The molecule has 0 aliphatic carbocycles. The van der Waals surface area contributed by atoms with E-state index in [0.29, 0.717) is 0 Å². The lowest BCUT2D eigenvalue weighted by molar-refractivity contribution is 0.704. The maximum absolute atomic E-state index is 6.23. The molecule has 3 aromatic rings. The molecule has 21 heavy (non-hydrogen) atoms. The summed E-state index contributed by atoms with van der Waals surface area (Å²) < 4.78 is 2.30. The molecule has 1 aromatic carbocycles. The van der Waals surface area contributed by atoms with E-state index in [9.17, 15) is 0 Å². The number of thiophene rings is 1. The lowest BCUT2D eigenvalue weighted by Gasteiger charge is -2.07. The fraction of sp³-hybridized carbons (Fsp3) is 0.353. The predicted molar refractivity (Wildman–Crippen MR) is 91.9 cm³/mol. The molecule has 0 saturated heterocycles. The Hall–Kier alpha value is -1.81. The Kier molecular flexibility index (Phi) is 3.72. The molecule has 0 spiro atoms. The second-order valence-electron chi connectivity index (χ2n) is 5.42. The van der Waals surface area contributed by atoms with Crippen molar-refractivity contribution < 1.29 is 0 Å². The highest BCUT2D eigenvalue weighted by atomic mass is 32.1. The lowest BCUT2D eigenvalue weighted by atomic mass is 10.2. The molecule has 2 N–H and O–H groups in total. The number of nitrogens with two attached hydrogens (primary N) is 1. The Bertz CT molecular complexity index is 783. The molecule has 0 radical (unpaired) electrons. The third kappa shape index (κ3) is 2.44. The minimum atomic E-state index is 0.872. The number of imidazole rings is 1. The van der Waals surface area contributed by atoms with Crippen molar-refractivity contribution in [2.75, 3.05) is 5.73 Å². The zero-order valence-electron chi connectivity index (χ0n) is 12.8. The van der Waals surface area contributed by atoms with Gasteiger partial charge in [0, 0.05) is 11.4 Å². The van der Waals surface area contributed by atoms with Crippen molar-refractivity contribution in [2.24, 2.45) is 0 Å². The van der Waals surface area contributed by atoms with Crippen molar-refractivity contribution in [2.45, 2.75) is 40.2 Å². The van der Waals surface area contributed by atoms with Crippen molar-refractivity contribution in [3.8, 4) is 11.4 Å². The largest absolute Gasteiger partial charge is 0.390 e. The fourth-order valence-corrected chi connectivity index (χ4v) is 3.57. The predicted octanol–water partition coefficient (Wildman–Crippen LogP) is 4.63. The minimum Gasteiger partial charge on any atom is -0.390 e. The molecule has 0 fully saturated rings. The first-order valence-corrected chi connectivity index (χ1v) is 8.31. The molecule has 0 bridgehead atoms. The van der Waals surface area contributed by atoms with E-state index in [4.69, 9.17) is 10.7 Å². The first-order valence-electron chi connectivity index (χ1n) is 7.49. The summed E-state index contributed by atoms with van der Waals surface area (Å²) in [5.74, 6) is 1.01. The van der Waals surface area contributed by atoms with E-state index in [2.05, 4.69) is 49.6 Å². The van der Waals surface area contributed by atoms with Gasteiger partial charge in [-0.1, -0.05) is 19.9 Å². The van der Waals surface area contributed by atoms with Crippen LogP contribution < -0.4 is 5.73 Å². The molecule has 2 aromatic heterocycles. The third-order valence-electron chi connectivity index (χ3n) is 3.75. The summed E-state index contributed by atoms with van der Waals surface area (Å²) in [5, 5.41) is 0.872. The van der Waals surface area contributed by atoms with Crippen molar-refractivity contribution in [1.82, 2.24) is 9.55 Å². The van der Waals surface area contributed by atoms with Crippen LogP contribution in [0.1, 0.15) is 30.7 Å². The molecular weight excluding hydrogens is 278 g/mol. The molecule has 4 heteroatoms. The van der Waals surface area contributed by atoms with Crippen LogP contribution in [0.3, 0.4) is 0 Å².